The minimum Gasteiger partial charge on any atom is -0.479 e. The number of rotatable bonds is 13. The maximum Gasteiger partial charge on any atom is 0.351 e. The van der Waals surface area contributed by atoms with Gasteiger partial charge < -0.3 is 26.8 Å². The molecule has 1 aromatic carbocycles. The zero-order chi connectivity index (χ0) is 22.0. The Morgan fingerprint density at radius 3 is 2.52 bits per heavy atom. The fraction of sp³-hybridized carbons (Fsp3) is 0.579. The minimum absolute atomic E-state index is 0.0608. The van der Waals surface area contributed by atoms with Crippen LogP contribution in [0.5, 0.6) is 0 Å². The molecule has 1 amide bonds. The van der Waals surface area contributed by atoms with E-state index in [-0.39, 0.29) is 12.8 Å². The number of hydrogen-bond donors (Lipinski definition) is 5. The Bertz CT molecular complexity index is 728. The van der Waals surface area contributed by atoms with Crippen LogP contribution < -0.4 is 16.8 Å². The quantitative estimate of drug-likeness (QED) is 0.181. The number of aliphatic carboxylic acids is 1. The van der Waals surface area contributed by atoms with E-state index in [4.69, 9.17) is 16.0 Å². The lowest BCUT2D eigenvalue weighted by Gasteiger charge is -2.28. The molecule has 3 atom stereocenters. The van der Waals surface area contributed by atoms with Crippen molar-refractivity contribution in [3.63, 3.8) is 0 Å². The van der Waals surface area contributed by atoms with Crippen molar-refractivity contribution in [1.82, 2.24) is 5.32 Å². The largest absolute Gasteiger partial charge is 0.479 e. The van der Waals surface area contributed by atoms with E-state index in [1.807, 2.05) is 6.07 Å². The summed E-state index contributed by atoms with van der Waals surface area (Å²) in [5.74, 6) is -3.42. The van der Waals surface area contributed by atoms with E-state index in [9.17, 15) is 24.2 Å². The molecule has 1 rings (SSSR count). The maximum absolute atomic E-state index is 12.8. The van der Waals surface area contributed by atoms with Gasteiger partial charge in [-0.3, -0.25) is 13.9 Å². The van der Waals surface area contributed by atoms with Crippen LogP contribution in [0.1, 0.15) is 45.1 Å². The first-order valence-electron chi connectivity index (χ1n) is 9.64. The Labute approximate surface area is 171 Å². The molecule has 1 aromatic rings. The van der Waals surface area contributed by atoms with E-state index in [1.165, 1.54) is 0 Å². The van der Waals surface area contributed by atoms with Crippen molar-refractivity contribution in [1.29, 1.82) is 0 Å². The first-order chi connectivity index (χ1) is 13.6. The highest BCUT2D eigenvalue weighted by molar-refractivity contribution is 7.53. The fourth-order valence-corrected chi connectivity index (χ4v) is 4.56. The van der Waals surface area contributed by atoms with E-state index in [2.05, 4.69) is 5.32 Å². The first kappa shape index (κ1) is 25.1. The zero-order valence-electron chi connectivity index (χ0n) is 16.9. The van der Waals surface area contributed by atoms with Gasteiger partial charge in [0.2, 0.25) is 5.91 Å². The third-order valence-electron chi connectivity index (χ3n) is 4.36. The number of nitrogen functional groups attached to an aromatic ring is 1. The summed E-state index contributed by atoms with van der Waals surface area (Å²) >= 11 is 0. The van der Waals surface area contributed by atoms with Crippen LogP contribution in [0.4, 0.5) is 5.69 Å². The number of aryl methyl sites for hydroxylation is 1. The van der Waals surface area contributed by atoms with Crippen molar-refractivity contribution in [2.45, 2.75) is 57.8 Å². The summed E-state index contributed by atoms with van der Waals surface area (Å²) < 4.78 is 17.9. The number of nitrogens with two attached hydrogens (primary N) is 2. The van der Waals surface area contributed by atoms with Gasteiger partial charge in [0, 0.05) is 12.1 Å². The molecule has 2 unspecified atom stereocenters. The first-order valence-corrected chi connectivity index (χ1v) is 11.3. The van der Waals surface area contributed by atoms with Gasteiger partial charge in [-0.25, -0.2) is 4.79 Å². The van der Waals surface area contributed by atoms with Crippen LogP contribution in [0.25, 0.3) is 0 Å². The molecule has 0 aliphatic heterocycles. The third-order valence-corrected chi connectivity index (χ3v) is 6.34. The van der Waals surface area contributed by atoms with Crippen LogP contribution >= 0.6 is 7.60 Å². The van der Waals surface area contributed by atoms with Crippen molar-refractivity contribution < 1.29 is 28.7 Å². The highest BCUT2D eigenvalue weighted by Crippen LogP contribution is 2.50. The van der Waals surface area contributed by atoms with Gasteiger partial charge in [0.15, 0.2) is 6.10 Å². The second-order valence-electron chi connectivity index (χ2n) is 7.28. The van der Waals surface area contributed by atoms with Crippen molar-refractivity contribution in [2.75, 3.05) is 12.3 Å². The Kier molecular flexibility index (Phi) is 10.3. The molecule has 0 saturated carbocycles. The summed E-state index contributed by atoms with van der Waals surface area (Å²) in [5.41, 5.74) is 12.6. The number of hydrogen-bond acceptors (Lipinski definition) is 6. The van der Waals surface area contributed by atoms with E-state index in [1.54, 1.807) is 32.0 Å². The van der Waals surface area contributed by atoms with E-state index >= 15 is 0 Å². The van der Waals surface area contributed by atoms with Gasteiger partial charge in [0.05, 0.1) is 0 Å². The number of nitrogens with one attached hydrogen (secondary N) is 1. The van der Waals surface area contributed by atoms with Crippen molar-refractivity contribution in [2.24, 2.45) is 11.7 Å². The molecule has 7 N–H and O–H groups in total. The molecular formula is C19H32N3O6P. The predicted octanol–water partition coefficient (Wildman–Crippen LogP) is 2.08. The molecule has 0 radical (unpaired) electrons. The number of carboxylic acid groups (broad SMARTS) is 1. The molecule has 0 aliphatic rings. The van der Waals surface area contributed by atoms with Crippen molar-refractivity contribution in [3.8, 4) is 0 Å². The minimum atomic E-state index is -4.44. The number of amides is 1. The lowest BCUT2D eigenvalue weighted by atomic mass is 10.1. The number of benzene rings is 1. The lowest BCUT2D eigenvalue weighted by molar-refractivity contribution is -0.145. The Balaban J connectivity index is 2.75. The highest BCUT2D eigenvalue weighted by Gasteiger charge is 2.40. The molecular weight excluding hydrogens is 397 g/mol. The second-order valence-corrected chi connectivity index (χ2v) is 9.18. The molecule has 0 aromatic heterocycles. The van der Waals surface area contributed by atoms with Crippen LogP contribution in [-0.4, -0.2) is 40.3 Å². The average molecular weight is 429 g/mol. The van der Waals surface area contributed by atoms with Crippen molar-refractivity contribution in [3.05, 3.63) is 29.8 Å². The molecule has 0 bridgehead atoms. The Hall–Kier alpha value is -1.93. The van der Waals surface area contributed by atoms with Gasteiger partial charge in [-0.15, -0.1) is 0 Å². The molecule has 9 nitrogen and oxygen atoms in total. The van der Waals surface area contributed by atoms with Crippen molar-refractivity contribution >= 4 is 25.2 Å². The third kappa shape index (κ3) is 8.95. The smallest absolute Gasteiger partial charge is 0.351 e. The van der Waals surface area contributed by atoms with Crippen LogP contribution in [0.2, 0.25) is 0 Å². The van der Waals surface area contributed by atoms with Gasteiger partial charge in [-0.2, -0.15) is 0 Å². The molecule has 10 heteroatoms. The monoisotopic (exact) mass is 429 g/mol. The molecule has 29 heavy (non-hydrogen) atoms. The Morgan fingerprint density at radius 1 is 1.28 bits per heavy atom. The predicted molar refractivity (Wildman–Crippen MR) is 111 cm³/mol. The molecule has 0 heterocycles. The molecule has 164 valence electrons. The summed E-state index contributed by atoms with van der Waals surface area (Å²) in [6.07, 6.45) is 0.151. The molecule has 0 aliphatic carbocycles. The topological polar surface area (TPSA) is 165 Å². The van der Waals surface area contributed by atoms with Gasteiger partial charge in [0.1, 0.15) is 5.78 Å². The standard InChI is InChI=1S/C19H32N3O6P/c1-13(2)18(22-17(23)10-9-14-6-5-7-15(21)12-14)29(26,27)28-16(19(24)25)8-3-4-11-20/h5-7,12-13,16,18H,3-4,8-11,20-21H2,1-2H3,(H,22,23)(H,24,25)(H,26,27)/t16-,18?/m0/s1. The van der Waals surface area contributed by atoms with Crippen LogP contribution in [0.15, 0.2) is 24.3 Å². The summed E-state index contributed by atoms with van der Waals surface area (Å²) in [4.78, 5) is 34.1. The highest BCUT2D eigenvalue weighted by atomic mass is 31.2. The second kappa shape index (κ2) is 11.9. The zero-order valence-corrected chi connectivity index (χ0v) is 17.8. The normalized spacial score (nSPS) is 15.5. The lowest BCUT2D eigenvalue weighted by Crippen LogP contribution is -2.40. The van der Waals surface area contributed by atoms with Crippen LogP contribution in [-0.2, 0) is 25.1 Å². The van der Waals surface area contributed by atoms with Gasteiger partial charge >= 0.3 is 13.6 Å². The van der Waals surface area contributed by atoms with Gasteiger partial charge in [0.25, 0.3) is 0 Å². The number of unbranched alkanes of at least 4 members (excludes halogenated alkanes) is 1. The summed E-state index contributed by atoms with van der Waals surface area (Å²) in [5, 5.41) is 11.8. The summed E-state index contributed by atoms with van der Waals surface area (Å²) in [7, 11) is -4.44. The number of carbonyl (C=O) groups is 2. The number of carbonyl (C=O) groups excluding carboxylic acids is 1. The summed E-state index contributed by atoms with van der Waals surface area (Å²) in [6.45, 7) is 3.69. The average Bonchev–Trinajstić information content (AvgIpc) is 2.63. The molecule has 0 spiro atoms. The fourth-order valence-electron chi connectivity index (χ4n) is 2.81. The van der Waals surface area contributed by atoms with Crippen LogP contribution in [0, 0.1) is 5.92 Å². The Morgan fingerprint density at radius 2 is 1.97 bits per heavy atom. The molecule has 0 fully saturated rings. The summed E-state index contributed by atoms with van der Waals surface area (Å²) in [6, 6.07) is 7.12. The van der Waals surface area contributed by atoms with E-state index in [0.29, 0.717) is 31.5 Å². The van der Waals surface area contributed by atoms with E-state index in [0.717, 1.165) is 5.56 Å². The van der Waals surface area contributed by atoms with Crippen LogP contribution in [0.3, 0.4) is 0 Å². The van der Waals surface area contributed by atoms with E-state index < -0.39 is 37.3 Å². The maximum atomic E-state index is 12.8. The number of anilines is 1. The SMILES string of the molecule is CC(C)C(NC(=O)CCc1cccc(N)c1)P(=O)(O)O[C@@H](CCCCN)C(=O)O. The van der Waals surface area contributed by atoms with Gasteiger partial charge in [-0.1, -0.05) is 26.0 Å². The number of carboxylic acids is 1. The molecule has 0 saturated heterocycles. The van der Waals surface area contributed by atoms with Gasteiger partial charge in [-0.05, 0) is 55.8 Å².